The third kappa shape index (κ3) is 1.95. The van der Waals surface area contributed by atoms with Gasteiger partial charge in [-0.25, -0.2) is 0 Å². The Morgan fingerprint density at radius 1 is 1.14 bits per heavy atom. The molecule has 0 saturated heterocycles. The topological polar surface area (TPSA) is 26.0 Å². The van der Waals surface area contributed by atoms with Crippen molar-refractivity contribution in [3.63, 3.8) is 0 Å². The van der Waals surface area contributed by atoms with Crippen molar-refractivity contribution in [3.8, 4) is 0 Å². The van der Waals surface area contributed by atoms with E-state index in [4.69, 9.17) is 5.73 Å². The molecular weight excluding hydrogens is 238 g/mol. The normalized spacial score (nSPS) is 18.4. The molecule has 76 valence electrons. The van der Waals surface area contributed by atoms with E-state index in [-0.39, 0.29) is 0 Å². The maximum Gasteiger partial charge on any atom is 0.0360 e. The van der Waals surface area contributed by atoms with Crippen LogP contribution in [0.1, 0.15) is 43.6 Å². The summed E-state index contributed by atoms with van der Waals surface area (Å²) in [5, 5.41) is 0. The van der Waals surface area contributed by atoms with Crippen LogP contribution >= 0.6 is 15.9 Å². The molecule has 0 bridgehead atoms. The summed E-state index contributed by atoms with van der Waals surface area (Å²) in [7, 11) is 0. The number of rotatable bonds is 1. The summed E-state index contributed by atoms with van der Waals surface area (Å²) in [4.78, 5) is 0. The molecule has 0 aromatic heterocycles. The lowest BCUT2D eigenvalue weighted by atomic mass is 9.83. The quantitative estimate of drug-likeness (QED) is 0.751. The highest BCUT2D eigenvalue weighted by atomic mass is 79.9. The van der Waals surface area contributed by atoms with E-state index >= 15 is 0 Å². The number of benzene rings is 1. The van der Waals surface area contributed by atoms with Crippen LogP contribution in [0.3, 0.4) is 0 Å². The molecule has 1 aromatic rings. The third-order valence-corrected chi connectivity index (χ3v) is 3.79. The van der Waals surface area contributed by atoms with Crippen molar-refractivity contribution in [1.29, 1.82) is 0 Å². The van der Waals surface area contributed by atoms with E-state index in [9.17, 15) is 0 Å². The van der Waals surface area contributed by atoms with Gasteiger partial charge >= 0.3 is 0 Å². The highest BCUT2D eigenvalue weighted by Crippen LogP contribution is 2.39. The molecule has 1 fully saturated rings. The first kappa shape index (κ1) is 10.0. The Morgan fingerprint density at radius 2 is 1.86 bits per heavy atom. The average molecular weight is 254 g/mol. The summed E-state index contributed by atoms with van der Waals surface area (Å²) < 4.78 is 1.18. The van der Waals surface area contributed by atoms with Gasteiger partial charge in [-0.15, -0.1) is 0 Å². The van der Waals surface area contributed by atoms with Crippen LogP contribution in [0.25, 0.3) is 0 Å². The molecule has 1 aliphatic carbocycles. The molecule has 1 aromatic carbocycles. The second-order valence-corrected chi connectivity index (χ2v) is 4.93. The van der Waals surface area contributed by atoms with Gasteiger partial charge in [0.15, 0.2) is 0 Å². The van der Waals surface area contributed by atoms with Gasteiger partial charge in [-0.1, -0.05) is 41.3 Å². The molecule has 1 saturated carbocycles. The Hall–Kier alpha value is -0.500. The molecule has 0 amide bonds. The maximum atomic E-state index is 6.02. The lowest BCUT2D eigenvalue weighted by Crippen LogP contribution is -2.07. The highest BCUT2D eigenvalue weighted by molar-refractivity contribution is 9.10. The molecule has 2 heteroatoms. The van der Waals surface area contributed by atoms with E-state index in [0.717, 1.165) is 5.69 Å². The third-order valence-electron chi connectivity index (χ3n) is 3.10. The minimum absolute atomic E-state index is 0.680. The number of nitrogen functional groups attached to an aromatic ring is 1. The number of hydrogen-bond donors (Lipinski definition) is 1. The second kappa shape index (κ2) is 4.35. The molecule has 0 spiro atoms. The Kier molecular flexibility index (Phi) is 3.12. The van der Waals surface area contributed by atoms with Gasteiger partial charge in [0.1, 0.15) is 0 Å². The minimum atomic E-state index is 0.680. The summed E-state index contributed by atoms with van der Waals surface area (Å²) >= 11 is 3.60. The van der Waals surface area contributed by atoms with Crippen molar-refractivity contribution in [2.24, 2.45) is 0 Å². The van der Waals surface area contributed by atoms with Gasteiger partial charge in [0.2, 0.25) is 0 Å². The van der Waals surface area contributed by atoms with Gasteiger partial charge < -0.3 is 5.73 Å². The van der Waals surface area contributed by atoms with Crippen LogP contribution < -0.4 is 5.73 Å². The number of hydrogen-bond acceptors (Lipinski definition) is 1. The molecule has 1 nitrogen and oxygen atoms in total. The largest absolute Gasteiger partial charge is 0.398 e. The van der Waals surface area contributed by atoms with Crippen LogP contribution in [-0.4, -0.2) is 0 Å². The molecule has 2 rings (SSSR count). The standard InChI is InChI=1S/C12H16BrN/c13-10-7-4-8-11(14)12(10)9-5-2-1-3-6-9/h4,7-9H,1-3,5-6,14H2. The lowest BCUT2D eigenvalue weighted by molar-refractivity contribution is 0.443. The van der Waals surface area contributed by atoms with E-state index < -0.39 is 0 Å². The fourth-order valence-electron chi connectivity index (χ4n) is 2.38. The summed E-state index contributed by atoms with van der Waals surface area (Å²) in [6.45, 7) is 0. The van der Waals surface area contributed by atoms with Crippen molar-refractivity contribution >= 4 is 21.6 Å². The average Bonchev–Trinajstić information content (AvgIpc) is 2.19. The zero-order chi connectivity index (χ0) is 9.97. The molecule has 14 heavy (non-hydrogen) atoms. The van der Waals surface area contributed by atoms with Crippen molar-refractivity contribution in [2.75, 3.05) is 5.73 Å². The fourth-order valence-corrected chi connectivity index (χ4v) is 3.08. The summed E-state index contributed by atoms with van der Waals surface area (Å²) in [5.74, 6) is 0.680. The number of halogens is 1. The summed E-state index contributed by atoms with van der Waals surface area (Å²) in [5.41, 5.74) is 8.31. The van der Waals surface area contributed by atoms with Crippen molar-refractivity contribution in [1.82, 2.24) is 0 Å². The van der Waals surface area contributed by atoms with Crippen molar-refractivity contribution in [2.45, 2.75) is 38.0 Å². The highest BCUT2D eigenvalue weighted by Gasteiger charge is 2.19. The van der Waals surface area contributed by atoms with Crippen LogP contribution in [0.15, 0.2) is 22.7 Å². The smallest absolute Gasteiger partial charge is 0.0360 e. The molecule has 0 atom stereocenters. The Labute approximate surface area is 93.8 Å². The SMILES string of the molecule is Nc1cccc(Br)c1C1CCCCC1. The Bertz CT molecular complexity index is 296. The van der Waals surface area contributed by atoms with Crippen LogP contribution in [0, 0.1) is 0 Å². The minimum Gasteiger partial charge on any atom is -0.398 e. The van der Waals surface area contributed by atoms with E-state index in [1.165, 1.54) is 42.1 Å². The fraction of sp³-hybridized carbons (Fsp3) is 0.500. The van der Waals surface area contributed by atoms with Crippen molar-refractivity contribution in [3.05, 3.63) is 28.2 Å². The van der Waals surface area contributed by atoms with Crippen LogP contribution in [-0.2, 0) is 0 Å². The molecule has 0 unspecified atom stereocenters. The van der Waals surface area contributed by atoms with Gasteiger partial charge in [0, 0.05) is 10.2 Å². The first-order valence-corrected chi connectivity index (χ1v) is 6.12. The predicted octanol–water partition coefficient (Wildman–Crippen LogP) is 4.08. The van der Waals surface area contributed by atoms with Gasteiger partial charge in [-0.2, -0.15) is 0 Å². The van der Waals surface area contributed by atoms with Gasteiger partial charge in [-0.3, -0.25) is 0 Å². The van der Waals surface area contributed by atoms with E-state index in [1.807, 2.05) is 12.1 Å². The number of anilines is 1. The molecular formula is C12H16BrN. The molecule has 1 aliphatic rings. The molecule has 0 aliphatic heterocycles. The number of nitrogens with two attached hydrogens (primary N) is 1. The van der Waals surface area contributed by atoms with Crippen molar-refractivity contribution < 1.29 is 0 Å². The van der Waals surface area contributed by atoms with Crippen LogP contribution in [0.2, 0.25) is 0 Å². The van der Waals surface area contributed by atoms with Crippen LogP contribution in [0.5, 0.6) is 0 Å². The van der Waals surface area contributed by atoms with Gasteiger partial charge in [-0.05, 0) is 36.5 Å². The Balaban J connectivity index is 2.29. The summed E-state index contributed by atoms with van der Waals surface area (Å²) in [6.07, 6.45) is 6.69. The lowest BCUT2D eigenvalue weighted by Gasteiger charge is -2.24. The first-order chi connectivity index (χ1) is 6.79. The first-order valence-electron chi connectivity index (χ1n) is 5.33. The van der Waals surface area contributed by atoms with E-state index in [0.29, 0.717) is 5.92 Å². The Morgan fingerprint density at radius 3 is 2.50 bits per heavy atom. The van der Waals surface area contributed by atoms with Crippen LogP contribution in [0.4, 0.5) is 5.69 Å². The predicted molar refractivity (Wildman–Crippen MR) is 64.4 cm³/mol. The molecule has 2 N–H and O–H groups in total. The van der Waals surface area contributed by atoms with E-state index in [1.54, 1.807) is 0 Å². The van der Waals surface area contributed by atoms with Gasteiger partial charge in [0.05, 0.1) is 0 Å². The van der Waals surface area contributed by atoms with E-state index in [2.05, 4.69) is 22.0 Å². The zero-order valence-electron chi connectivity index (χ0n) is 8.30. The second-order valence-electron chi connectivity index (χ2n) is 4.08. The van der Waals surface area contributed by atoms with Gasteiger partial charge in [0.25, 0.3) is 0 Å². The maximum absolute atomic E-state index is 6.02. The molecule has 0 heterocycles. The zero-order valence-corrected chi connectivity index (χ0v) is 9.89. The molecule has 0 radical (unpaired) electrons. The monoisotopic (exact) mass is 253 g/mol. The summed E-state index contributed by atoms with van der Waals surface area (Å²) in [6, 6.07) is 6.11.